The van der Waals surface area contributed by atoms with Gasteiger partial charge in [0, 0.05) is 21.7 Å². The lowest BCUT2D eigenvalue weighted by molar-refractivity contribution is 1.07. The SMILES string of the molecule is NCc1ccc(SCc2ccccc2Br)cc1. The molecule has 0 fully saturated rings. The van der Waals surface area contributed by atoms with Crippen LogP contribution in [0.1, 0.15) is 11.1 Å². The Bertz CT molecular complexity index is 482. The van der Waals surface area contributed by atoms with Gasteiger partial charge in [-0.15, -0.1) is 11.8 Å². The van der Waals surface area contributed by atoms with Crippen molar-refractivity contribution in [1.29, 1.82) is 0 Å². The summed E-state index contributed by atoms with van der Waals surface area (Å²) in [4.78, 5) is 1.28. The maximum absolute atomic E-state index is 5.57. The molecule has 0 aliphatic heterocycles. The van der Waals surface area contributed by atoms with Crippen LogP contribution in [0.3, 0.4) is 0 Å². The Morgan fingerprint density at radius 3 is 2.35 bits per heavy atom. The highest BCUT2D eigenvalue weighted by atomic mass is 79.9. The molecule has 2 aromatic carbocycles. The van der Waals surface area contributed by atoms with Gasteiger partial charge < -0.3 is 5.73 Å². The van der Waals surface area contributed by atoms with Crippen LogP contribution >= 0.6 is 27.7 Å². The molecule has 0 heterocycles. The standard InChI is InChI=1S/C14H14BrNS/c15-14-4-2-1-3-12(14)10-17-13-7-5-11(9-16)6-8-13/h1-8H,9-10,16H2. The lowest BCUT2D eigenvalue weighted by atomic mass is 10.2. The van der Waals surface area contributed by atoms with Crippen LogP contribution in [0.4, 0.5) is 0 Å². The van der Waals surface area contributed by atoms with Gasteiger partial charge in [-0.3, -0.25) is 0 Å². The van der Waals surface area contributed by atoms with Crippen LogP contribution in [-0.2, 0) is 12.3 Å². The van der Waals surface area contributed by atoms with Gasteiger partial charge in [0.25, 0.3) is 0 Å². The fraction of sp³-hybridized carbons (Fsp3) is 0.143. The number of benzene rings is 2. The first-order valence-electron chi connectivity index (χ1n) is 5.45. The fourth-order valence-electron chi connectivity index (χ4n) is 1.50. The molecule has 2 rings (SSSR count). The molecular formula is C14H14BrNS. The molecule has 2 N–H and O–H groups in total. The summed E-state index contributed by atoms with van der Waals surface area (Å²) in [5, 5.41) is 0. The van der Waals surface area contributed by atoms with E-state index < -0.39 is 0 Å². The Morgan fingerprint density at radius 1 is 1.00 bits per heavy atom. The summed E-state index contributed by atoms with van der Waals surface area (Å²) in [6.45, 7) is 0.606. The second kappa shape index (κ2) is 6.24. The summed E-state index contributed by atoms with van der Waals surface area (Å²) in [5.74, 6) is 0.976. The van der Waals surface area contributed by atoms with Crippen molar-refractivity contribution in [2.75, 3.05) is 0 Å². The number of thioether (sulfide) groups is 1. The van der Waals surface area contributed by atoms with Crippen LogP contribution in [-0.4, -0.2) is 0 Å². The average Bonchev–Trinajstić information content (AvgIpc) is 2.38. The quantitative estimate of drug-likeness (QED) is 0.857. The predicted molar refractivity (Wildman–Crippen MR) is 78.0 cm³/mol. The summed E-state index contributed by atoms with van der Waals surface area (Å²) in [6.07, 6.45) is 0. The van der Waals surface area contributed by atoms with Crippen molar-refractivity contribution in [3.63, 3.8) is 0 Å². The monoisotopic (exact) mass is 307 g/mol. The zero-order valence-electron chi connectivity index (χ0n) is 9.40. The highest BCUT2D eigenvalue weighted by Crippen LogP contribution is 2.26. The molecule has 0 saturated heterocycles. The second-order valence-electron chi connectivity index (χ2n) is 3.73. The van der Waals surface area contributed by atoms with E-state index in [0.717, 1.165) is 5.75 Å². The van der Waals surface area contributed by atoms with E-state index in [-0.39, 0.29) is 0 Å². The van der Waals surface area contributed by atoms with E-state index in [1.54, 1.807) is 0 Å². The fourth-order valence-corrected chi connectivity index (χ4v) is 3.01. The minimum atomic E-state index is 0.606. The van der Waals surface area contributed by atoms with E-state index in [0.29, 0.717) is 6.54 Å². The largest absolute Gasteiger partial charge is 0.326 e. The van der Waals surface area contributed by atoms with Crippen LogP contribution in [0, 0.1) is 0 Å². The topological polar surface area (TPSA) is 26.0 Å². The number of nitrogens with two attached hydrogens (primary N) is 1. The van der Waals surface area contributed by atoms with Crippen molar-refractivity contribution in [3.8, 4) is 0 Å². The third-order valence-corrected chi connectivity index (χ3v) is 4.35. The zero-order chi connectivity index (χ0) is 12.1. The molecule has 2 aromatic rings. The van der Waals surface area contributed by atoms with Crippen LogP contribution in [0.2, 0.25) is 0 Å². The molecule has 0 radical (unpaired) electrons. The molecule has 0 amide bonds. The Balaban J connectivity index is 2.00. The molecule has 88 valence electrons. The minimum Gasteiger partial charge on any atom is -0.326 e. The molecule has 0 saturated carbocycles. The second-order valence-corrected chi connectivity index (χ2v) is 5.63. The van der Waals surface area contributed by atoms with Crippen LogP contribution in [0.15, 0.2) is 57.9 Å². The van der Waals surface area contributed by atoms with Gasteiger partial charge in [-0.25, -0.2) is 0 Å². The van der Waals surface area contributed by atoms with Crippen molar-refractivity contribution in [2.45, 2.75) is 17.2 Å². The van der Waals surface area contributed by atoms with E-state index >= 15 is 0 Å². The van der Waals surface area contributed by atoms with Crippen LogP contribution in [0.5, 0.6) is 0 Å². The molecule has 0 aliphatic rings. The number of hydrogen-bond donors (Lipinski definition) is 1. The average molecular weight is 308 g/mol. The third kappa shape index (κ3) is 3.60. The van der Waals surface area contributed by atoms with Crippen molar-refractivity contribution < 1.29 is 0 Å². The number of halogens is 1. The van der Waals surface area contributed by atoms with E-state index in [1.807, 2.05) is 17.8 Å². The Kier molecular flexibility index (Phi) is 4.66. The first-order chi connectivity index (χ1) is 8.29. The van der Waals surface area contributed by atoms with Crippen molar-refractivity contribution in [3.05, 3.63) is 64.1 Å². The first-order valence-corrected chi connectivity index (χ1v) is 7.22. The number of rotatable bonds is 4. The van der Waals surface area contributed by atoms with Gasteiger partial charge in [-0.1, -0.05) is 46.3 Å². The maximum atomic E-state index is 5.57. The molecule has 0 spiro atoms. The van der Waals surface area contributed by atoms with Gasteiger partial charge in [0.15, 0.2) is 0 Å². The summed E-state index contributed by atoms with van der Waals surface area (Å²) in [7, 11) is 0. The summed E-state index contributed by atoms with van der Waals surface area (Å²) in [6, 6.07) is 16.8. The molecule has 0 bridgehead atoms. The number of hydrogen-bond acceptors (Lipinski definition) is 2. The predicted octanol–water partition coefficient (Wildman–Crippen LogP) is 4.20. The Morgan fingerprint density at radius 2 is 1.71 bits per heavy atom. The van der Waals surface area contributed by atoms with Gasteiger partial charge in [-0.2, -0.15) is 0 Å². The van der Waals surface area contributed by atoms with Gasteiger partial charge >= 0.3 is 0 Å². The van der Waals surface area contributed by atoms with Gasteiger partial charge in [0.2, 0.25) is 0 Å². The van der Waals surface area contributed by atoms with Crippen molar-refractivity contribution in [1.82, 2.24) is 0 Å². The van der Waals surface area contributed by atoms with Gasteiger partial charge in [0.1, 0.15) is 0 Å². The van der Waals surface area contributed by atoms with Gasteiger partial charge in [0.05, 0.1) is 0 Å². The van der Waals surface area contributed by atoms with Crippen LogP contribution in [0.25, 0.3) is 0 Å². The van der Waals surface area contributed by atoms with Gasteiger partial charge in [-0.05, 0) is 29.3 Å². The lowest BCUT2D eigenvalue weighted by Crippen LogP contribution is -1.94. The molecule has 1 nitrogen and oxygen atoms in total. The zero-order valence-corrected chi connectivity index (χ0v) is 11.8. The molecule has 0 unspecified atom stereocenters. The Hall–Kier alpha value is -0.770. The van der Waals surface area contributed by atoms with Crippen molar-refractivity contribution >= 4 is 27.7 Å². The summed E-state index contributed by atoms with van der Waals surface area (Å²) < 4.78 is 1.17. The van der Waals surface area contributed by atoms with E-state index in [4.69, 9.17) is 5.73 Å². The normalized spacial score (nSPS) is 10.5. The summed E-state index contributed by atoms with van der Waals surface area (Å²) >= 11 is 5.40. The molecule has 17 heavy (non-hydrogen) atoms. The molecule has 0 aromatic heterocycles. The lowest BCUT2D eigenvalue weighted by Gasteiger charge is -2.05. The molecular weight excluding hydrogens is 294 g/mol. The maximum Gasteiger partial charge on any atom is 0.0243 e. The molecule has 0 atom stereocenters. The van der Waals surface area contributed by atoms with E-state index in [2.05, 4.69) is 58.4 Å². The third-order valence-electron chi connectivity index (χ3n) is 2.51. The molecule has 0 aliphatic carbocycles. The first kappa shape index (κ1) is 12.7. The van der Waals surface area contributed by atoms with Crippen molar-refractivity contribution in [2.24, 2.45) is 5.73 Å². The van der Waals surface area contributed by atoms with E-state index in [1.165, 1.54) is 20.5 Å². The summed E-state index contributed by atoms with van der Waals surface area (Å²) in [5.41, 5.74) is 8.07. The minimum absolute atomic E-state index is 0.606. The smallest absolute Gasteiger partial charge is 0.0243 e. The Labute approximate surface area is 115 Å². The van der Waals surface area contributed by atoms with E-state index in [9.17, 15) is 0 Å². The highest BCUT2D eigenvalue weighted by molar-refractivity contribution is 9.10. The highest BCUT2D eigenvalue weighted by Gasteiger charge is 2.00. The van der Waals surface area contributed by atoms with Crippen LogP contribution < -0.4 is 5.73 Å². The molecule has 3 heteroatoms.